The minimum atomic E-state index is -3.09. The van der Waals surface area contributed by atoms with Crippen molar-refractivity contribution in [1.29, 1.82) is 0 Å². The molecule has 0 N–H and O–H groups in total. The number of aliphatic imine (C=N–C) groups is 1. The van der Waals surface area contributed by atoms with Gasteiger partial charge in [0.2, 0.25) is 0 Å². The van der Waals surface area contributed by atoms with Crippen LogP contribution < -0.4 is 4.90 Å². The molecule has 0 unspecified atom stereocenters. The van der Waals surface area contributed by atoms with E-state index < -0.39 is 9.84 Å². The van der Waals surface area contributed by atoms with Crippen LogP contribution in [-0.2, 0) is 15.6 Å². The van der Waals surface area contributed by atoms with Gasteiger partial charge >= 0.3 is 0 Å². The van der Waals surface area contributed by atoms with Gasteiger partial charge in [0.05, 0.1) is 23.6 Å². The fourth-order valence-corrected chi connectivity index (χ4v) is 7.04. The fraction of sp³-hybridized carbons (Fsp3) is 0.278. The highest BCUT2D eigenvalue weighted by molar-refractivity contribution is 9.10. The number of anilines is 1. The molecule has 27 heavy (non-hydrogen) atoms. The third-order valence-corrected chi connectivity index (χ3v) is 8.22. The SMILES string of the molecule is O=S1(=O)C[C@@H]2[C@@H](C1)N=C(SCc1ccc(Br)cc1)N2c1cc(Cl)cc(Cl)c1. The van der Waals surface area contributed by atoms with Gasteiger partial charge < -0.3 is 4.90 Å². The van der Waals surface area contributed by atoms with Gasteiger partial charge in [0.1, 0.15) is 0 Å². The second kappa shape index (κ2) is 7.59. The first kappa shape index (κ1) is 19.6. The molecule has 2 aliphatic rings. The highest BCUT2D eigenvalue weighted by Crippen LogP contribution is 2.38. The summed E-state index contributed by atoms with van der Waals surface area (Å²) in [5.74, 6) is 0.918. The van der Waals surface area contributed by atoms with Crippen LogP contribution in [0.25, 0.3) is 0 Å². The molecule has 2 heterocycles. The predicted octanol–water partition coefficient (Wildman–Crippen LogP) is 5.03. The number of nitrogens with zero attached hydrogens (tertiary/aromatic N) is 2. The summed E-state index contributed by atoms with van der Waals surface area (Å²) in [5.41, 5.74) is 1.94. The Hall–Kier alpha value is -0.730. The lowest BCUT2D eigenvalue weighted by molar-refractivity contribution is 0.601. The number of fused-ring (bicyclic) bond motifs is 1. The van der Waals surface area contributed by atoms with Crippen molar-refractivity contribution in [1.82, 2.24) is 0 Å². The van der Waals surface area contributed by atoms with E-state index in [0.29, 0.717) is 10.0 Å². The molecular weight excluding hydrogens is 491 g/mol. The van der Waals surface area contributed by atoms with Crippen molar-refractivity contribution in [3.8, 4) is 0 Å². The Balaban J connectivity index is 1.64. The van der Waals surface area contributed by atoms with Crippen LogP contribution in [0, 0.1) is 0 Å². The number of rotatable bonds is 3. The van der Waals surface area contributed by atoms with Crippen LogP contribution >= 0.6 is 50.9 Å². The molecule has 2 atom stereocenters. The molecule has 2 aromatic rings. The zero-order chi connectivity index (χ0) is 19.2. The standard InChI is InChI=1S/C18H15BrCl2N2O2S2/c19-12-3-1-11(2-4-12)8-26-18-22-16-9-27(24,25)10-17(16)23(18)15-6-13(20)5-14(21)7-15/h1-7,16-17H,8-10H2/t16-,17-/m1/s1. The number of sulfone groups is 1. The summed E-state index contributed by atoms with van der Waals surface area (Å²) in [4.78, 5) is 6.71. The van der Waals surface area contributed by atoms with E-state index in [1.807, 2.05) is 17.0 Å². The van der Waals surface area contributed by atoms with Crippen molar-refractivity contribution in [2.75, 3.05) is 16.4 Å². The van der Waals surface area contributed by atoms with Crippen LogP contribution in [-0.4, -0.2) is 37.2 Å². The highest BCUT2D eigenvalue weighted by atomic mass is 79.9. The molecule has 2 aliphatic heterocycles. The monoisotopic (exact) mass is 504 g/mol. The van der Waals surface area contributed by atoms with Crippen molar-refractivity contribution in [3.05, 3.63) is 62.5 Å². The summed E-state index contributed by atoms with van der Waals surface area (Å²) in [7, 11) is -3.09. The first-order valence-corrected chi connectivity index (χ1v) is 12.6. The van der Waals surface area contributed by atoms with Gasteiger partial charge in [-0.3, -0.25) is 4.99 Å². The summed E-state index contributed by atoms with van der Waals surface area (Å²) in [5, 5.41) is 1.83. The topological polar surface area (TPSA) is 49.7 Å². The van der Waals surface area contributed by atoms with Crippen LogP contribution in [0.2, 0.25) is 10.0 Å². The van der Waals surface area contributed by atoms with Gasteiger partial charge in [0.15, 0.2) is 15.0 Å². The molecule has 1 fully saturated rings. The first-order chi connectivity index (χ1) is 12.8. The van der Waals surface area contributed by atoms with E-state index in [0.717, 1.165) is 21.1 Å². The van der Waals surface area contributed by atoms with Gasteiger partial charge in [-0.1, -0.05) is 63.0 Å². The second-order valence-electron chi connectivity index (χ2n) is 6.54. The normalized spacial score (nSPS) is 23.4. The average molecular weight is 506 g/mol. The van der Waals surface area contributed by atoms with E-state index in [4.69, 9.17) is 28.2 Å². The predicted molar refractivity (Wildman–Crippen MR) is 118 cm³/mol. The summed E-state index contributed by atoms with van der Waals surface area (Å²) in [6.45, 7) is 0. The molecule has 9 heteroatoms. The smallest absolute Gasteiger partial charge is 0.164 e. The lowest BCUT2D eigenvalue weighted by Crippen LogP contribution is -2.39. The maximum Gasteiger partial charge on any atom is 0.164 e. The zero-order valence-electron chi connectivity index (χ0n) is 14.0. The van der Waals surface area contributed by atoms with E-state index >= 15 is 0 Å². The highest BCUT2D eigenvalue weighted by Gasteiger charge is 2.47. The number of benzene rings is 2. The molecule has 142 valence electrons. The maximum absolute atomic E-state index is 12.1. The van der Waals surface area contributed by atoms with Gasteiger partial charge in [0.25, 0.3) is 0 Å². The second-order valence-corrected chi connectivity index (χ2v) is 11.4. The Kier molecular flexibility index (Phi) is 5.51. The molecule has 0 spiro atoms. The first-order valence-electron chi connectivity index (χ1n) is 8.21. The summed E-state index contributed by atoms with van der Waals surface area (Å²) < 4.78 is 25.3. The van der Waals surface area contributed by atoms with E-state index in [1.54, 1.807) is 30.0 Å². The maximum atomic E-state index is 12.1. The Labute approximate surface area is 181 Å². The summed E-state index contributed by atoms with van der Waals surface area (Å²) in [6, 6.07) is 12.9. The largest absolute Gasteiger partial charge is 0.315 e. The van der Waals surface area contributed by atoms with E-state index in [-0.39, 0.29) is 23.6 Å². The fourth-order valence-electron chi connectivity index (χ4n) is 3.34. The van der Waals surface area contributed by atoms with E-state index in [1.165, 1.54) is 5.56 Å². The molecule has 0 radical (unpaired) electrons. The number of hydrogen-bond acceptors (Lipinski definition) is 5. The molecule has 4 rings (SSSR count). The minimum absolute atomic E-state index is 0.0881. The van der Waals surface area contributed by atoms with Crippen molar-refractivity contribution in [2.45, 2.75) is 17.8 Å². The van der Waals surface area contributed by atoms with Crippen LogP contribution in [0.5, 0.6) is 0 Å². The molecule has 1 saturated heterocycles. The molecule has 0 saturated carbocycles. The third kappa shape index (κ3) is 4.32. The van der Waals surface area contributed by atoms with E-state index in [9.17, 15) is 8.42 Å². The quantitative estimate of drug-likeness (QED) is 0.586. The minimum Gasteiger partial charge on any atom is -0.315 e. The van der Waals surface area contributed by atoms with Crippen LogP contribution in [0.4, 0.5) is 5.69 Å². The van der Waals surface area contributed by atoms with Crippen LogP contribution in [0.3, 0.4) is 0 Å². The van der Waals surface area contributed by atoms with Crippen LogP contribution in [0.1, 0.15) is 5.56 Å². The van der Waals surface area contributed by atoms with Crippen LogP contribution in [0.15, 0.2) is 51.9 Å². The number of halogens is 3. The summed E-state index contributed by atoms with van der Waals surface area (Å²) >= 11 is 17.4. The third-order valence-electron chi connectivity index (χ3n) is 4.51. The van der Waals surface area contributed by atoms with Gasteiger partial charge in [-0.2, -0.15) is 0 Å². The molecule has 0 bridgehead atoms. The average Bonchev–Trinajstić information content (AvgIpc) is 3.04. The molecule has 2 aromatic carbocycles. The molecule has 0 aromatic heterocycles. The molecular formula is C18H15BrCl2N2O2S2. The zero-order valence-corrected chi connectivity index (χ0v) is 18.7. The van der Waals surface area contributed by atoms with Gasteiger partial charge in [-0.15, -0.1) is 0 Å². The number of hydrogen-bond donors (Lipinski definition) is 0. The number of amidine groups is 1. The lowest BCUT2D eigenvalue weighted by atomic mass is 10.1. The lowest BCUT2D eigenvalue weighted by Gasteiger charge is -2.27. The number of thioether (sulfide) groups is 1. The Morgan fingerprint density at radius 2 is 1.78 bits per heavy atom. The van der Waals surface area contributed by atoms with E-state index in [2.05, 4.69) is 28.1 Å². The van der Waals surface area contributed by atoms with Gasteiger partial charge in [-0.05, 0) is 35.9 Å². The molecule has 0 amide bonds. The van der Waals surface area contributed by atoms with Gasteiger partial charge in [0, 0.05) is 26.0 Å². The Morgan fingerprint density at radius 1 is 1.11 bits per heavy atom. The van der Waals surface area contributed by atoms with Crippen molar-refractivity contribution in [3.63, 3.8) is 0 Å². The molecule has 4 nitrogen and oxygen atoms in total. The Morgan fingerprint density at radius 3 is 2.44 bits per heavy atom. The Bertz CT molecular complexity index is 992. The van der Waals surface area contributed by atoms with Gasteiger partial charge in [-0.25, -0.2) is 8.42 Å². The van der Waals surface area contributed by atoms with Crippen molar-refractivity contribution < 1.29 is 8.42 Å². The summed E-state index contributed by atoms with van der Waals surface area (Å²) in [6.07, 6.45) is 0. The van der Waals surface area contributed by atoms with Crippen molar-refractivity contribution in [2.24, 2.45) is 4.99 Å². The molecule has 0 aliphatic carbocycles. The van der Waals surface area contributed by atoms with Crippen molar-refractivity contribution >= 4 is 71.6 Å².